The third-order valence-electron chi connectivity index (χ3n) is 2.97. The van der Waals surface area contributed by atoms with E-state index in [4.69, 9.17) is 23.2 Å². The van der Waals surface area contributed by atoms with E-state index in [1.54, 1.807) is 6.07 Å². The molecule has 0 bridgehead atoms. The van der Waals surface area contributed by atoms with Gasteiger partial charge in [-0.25, -0.2) is 4.98 Å². The molecule has 1 aromatic heterocycles. The first-order chi connectivity index (χ1) is 8.58. The Balaban J connectivity index is 1.70. The number of anilines is 1. The number of carbonyl (C=O) groups is 1. The number of nitrogens with zero attached hydrogens (tertiary/aromatic N) is 1. The van der Waals surface area contributed by atoms with Crippen molar-refractivity contribution in [2.24, 2.45) is 11.8 Å². The SMILES string of the molecule is C[C@@H]1C[C@@H]1C(=O)NCCNc1ncc(Cl)cc1Cl. The summed E-state index contributed by atoms with van der Waals surface area (Å²) in [5, 5.41) is 6.91. The van der Waals surface area contributed by atoms with Crippen LogP contribution >= 0.6 is 23.2 Å². The molecular weight excluding hydrogens is 273 g/mol. The lowest BCUT2D eigenvalue weighted by Gasteiger charge is -2.08. The molecule has 0 aromatic carbocycles. The van der Waals surface area contributed by atoms with Crippen molar-refractivity contribution < 1.29 is 4.79 Å². The second kappa shape index (κ2) is 5.76. The molecule has 2 rings (SSSR count). The molecular formula is C12H15Cl2N3O. The van der Waals surface area contributed by atoms with Crippen molar-refractivity contribution in [3.63, 3.8) is 0 Å². The van der Waals surface area contributed by atoms with Crippen LogP contribution < -0.4 is 10.6 Å². The van der Waals surface area contributed by atoms with Gasteiger partial charge in [-0.05, 0) is 18.4 Å². The van der Waals surface area contributed by atoms with E-state index in [0.29, 0.717) is 34.9 Å². The van der Waals surface area contributed by atoms with E-state index in [9.17, 15) is 4.79 Å². The van der Waals surface area contributed by atoms with Crippen molar-refractivity contribution in [2.45, 2.75) is 13.3 Å². The van der Waals surface area contributed by atoms with Gasteiger partial charge >= 0.3 is 0 Å². The van der Waals surface area contributed by atoms with Crippen LogP contribution in [0.1, 0.15) is 13.3 Å². The van der Waals surface area contributed by atoms with Crippen molar-refractivity contribution in [1.29, 1.82) is 0 Å². The summed E-state index contributed by atoms with van der Waals surface area (Å²) in [6.07, 6.45) is 2.53. The lowest BCUT2D eigenvalue weighted by atomic mass is 10.3. The Morgan fingerprint density at radius 1 is 1.50 bits per heavy atom. The van der Waals surface area contributed by atoms with E-state index in [1.165, 1.54) is 6.20 Å². The van der Waals surface area contributed by atoms with Crippen molar-refractivity contribution in [2.75, 3.05) is 18.4 Å². The number of pyridine rings is 1. The third kappa shape index (κ3) is 3.50. The summed E-state index contributed by atoms with van der Waals surface area (Å²) in [5.74, 6) is 1.46. The van der Waals surface area contributed by atoms with Gasteiger partial charge in [0.15, 0.2) is 0 Å². The minimum Gasteiger partial charge on any atom is -0.367 e. The van der Waals surface area contributed by atoms with E-state index in [0.717, 1.165) is 6.42 Å². The summed E-state index contributed by atoms with van der Waals surface area (Å²) >= 11 is 11.7. The highest BCUT2D eigenvalue weighted by Crippen LogP contribution is 2.37. The minimum atomic E-state index is 0.138. The molecule has 1 fully saturated rings. The molecule has 1 aliphatic rings. The molecule has 2 atom stereocenters. The summed E-state index contributed by atoms with van der Waals surface area (Å²) in [5.41, 5.74) is 0. The lowest BCUT2D eigenvalue weighted by Crippen LogP contribution is -2.30. The standard InChI is InChI=1S/C12H15Cl2N3O/c1-7-4-9(7)12(18)16-3-2-15-11-10(14)5-8(13)6-17-11/h5-7,9H,2-4H2,1H3,(H,15,17)(H,16,18)/t7-,9+/m1/s1. The molecule has 0 spiro atoms. The summed E-state index contributed by atoms with van der Waals surface area (Å²) in [7, 11) is 0. The lowest BCUT2D eigenvalue weighted by molar-refractivity contribution is -0.122. The first kappa shape index (κ1) is 13.4. The zero-order valence-corrected chi connectivity index (χ0v) is 11.6. The van der Waals surface area contributed by atoms with Gasteiger partial charge in [0.25, 0.3) is 0 Å². The second-order valence-corrected chi connectivity index (χ2v) is 5.36. The molecule has 1 heterocycles. The van der Waals surface area contributed by atoms with Crippen molar-refractivity contribution >= 4 is 34.9 Å². The minimum absolute atomic E-state index is 0.138. The third-order valence-corrected chi connectivity index (χ3v) is 3.47. The van der Waals surface area contributed by atoms with Crippen LogP contribution in [-0.2, 0) is 4.79 Å². The van der Waals surface area contributed by atoms with Crippen LogP contribution in [0.15, 0.2) is 12.3 Å². The Morgan fingerprint density at radius 2 is 2.22 bits per heavy atom. The van der Waals surface area contributed by atoms with Crippen LogP contribution in [0, 0.1) is 11.8 Å². The van der Waals surface area contributed by atoms with E-state index in [-0.39, 0.29) is 11.8 Å². The van der Waals surface area contributed by atoms with E-state index >= 15 is 0 Å². The predicted molar refractivity (Wildman–Crippen MR) is 73.0 cm³/mol. The van der Waals surface area contributed by atoms with Crippen molar-refractivity contribution in [3.8, 4) is 0 Å². The van der Waals surface area contributed by atoms with Gasteiger partial charge in [-0.2, -0.15) is 0 Å². The quantitative estimate of drug-likeness (QED) is 0.819. The van der Waals surface area contributed by atoms with Gasteiger partial charge in [0.05, 0.1) is 10.0 Å². The smallest absolute Gasteiger partial charge is 0.223 e. The van der Waals surface area contributed by atoms with Crippen LogP contribution in [0.25, 0.3) is 0 Å². The number of nitrogens with one attached hydrogen (secondary N) is 2. The number of aromatic nitrogens is 1. The molecule has 98 valence electrons. The Kier molecular flexibility index (Phi) is 4.30. The summed E-state index contributed by atoms with van der Waals surface area (Å²) < 4.78 is 0. The molecule has 1 aromatic rings. The number of halogens is 2. The van der Waals surface area contributed by atoms with Gasteiger partial charge in [0.2, 0.25) is 5.91 Å². The molecule has 1 amide bonds. The number of carbonyl (C=O) groups excluding carboxylic acids is 1. The fraction of sp³-hybridized carbons (Fsp3) is 0.500. The fourth-order valence-corrected chi connectivity index (χ4v) is 2.18. The molecule has 6 heteroatoms. The van der Waals surface area contributed by atoms with Crippen molar-refractivity contribution in [3.05, 3.63) is 22.3 Å². The largest absolute Gasteiger partial charge is 0.367 e. The summed E-state index contributed by atoms with van der Waals surface area (Å²) in [6.45, 7) is 3.23. The number of rotatable bonds is 5. The maximum atomic E-state index is 11.5. The van der Waals surface area contributed by atoms with E-state index in [2.05, 4.69) is 22.5 Å². The average Bonchev–Trinajstić information content (AvgIpc) is 3.04. The first-order valence-corrected chi connectivity index (χ1v) is 6.66. The molecule has 0 aliphatic heterocycles. The maximum absolute atomic E-state index is 11.5. The zero-order chi connectivity index (χ0) is 13.1. The highest BCUT2D eigenvalue weighted by atomic mass is 35.5. The first-order valence-electron chi connectivity index (χ1n) is 5.90. The van der Waals surface area contributed by atoms with Crippen LogP contribution in [0.4, 0.5) is 5.82 Å². The van der Waals surface area contributed by atoms with Gasteiger partial charge < -0.3 is 10.6 Å². The van der Waals surface area contributed by atoms with Gasteiger partial charge in [0, 0.05) is 25.2 Å². The highest BCUT2D eigenvalue weighted by Gasteiger charge is 2.38. The van der Waals surface area contributed by atoms with E-state index < -0.39 is 0 Å². The van der Waals surface area contributed by atoms with Crippen LogP contribution in [0.2, 0.25) is 10.0 Å². The molecule has 4 nitrogen and oxygen atoms in total. The van der Waals surface area contributed by atoms with Gasteiger partial charge in [-0.15, -0.1) is 0 Å². The molecule has 0 radical (unpaired) electrons. The number of hydrogen-bond donors (Lipinski definition) is 2. The average molecular weight is 288 g/mol. The van der Waals surface area contributed by atoms with Gasteiger partial charge in [-0.3, -0.25) is 4.79 Å². The monoisotopic (exact) mass is 287 g/mol. The predicted octanol–water partition coefficient (Wildman–Crippen LogP) is 2.57. The van der Waals surface area contributed by atoms with E-state index in [1.807, 2.05) is 0 Å². The fourth-order valence-electron chi connectivity index (χ4n) is 1.73. The molecule has 0 unspecified atom stereocenters. The summed E-state index contributed by atoms with van der Waals surface area (Å²) in [6, 6.07) is 1.63. The summed E-state index contributed by atoms with van der Waals surface area (Å²) in [4.78, 5) is 15.6. The normalized spacial score (nSPS) is 21.5. The highest BCUT2D eigenvalue weighted by molar-refractivity contribution is 6.35. The number of hydrogen-bond acceptors (Lipinski definition) is 3. The van der Waals surface area contributed by atoms with Crippen molar-refractivity contribution in [1.82, 2.24) is 10.3 Å². The molecule has 18 heavy (non-hydrogen) atoms. The van der Waals surface area contributed by atoms with Gasteiger partial charge in [-0.1, -0.05) is 30.1 Å². The Morgan fingerprint density at radius 3 is 2.83 bits per heavy atom. The van der Waals surface area contributed by atoms with Crippen LogP contribution in [-0.4, -0.2) is 24.0 Å². The Bertz CT molecular complexity index is 453. The Hall–Kier alpha value is -1.000. The zero-order valence-electron chi connectivity index (χ0n) is 10.0. The second-order valence-electron chi connectivity index (χ2n) is 4.52. The molecule has 0 saturated heterocycles. The maximum Gasteiger partial charge on any atom is 0.223 e. The number of amides is 1. The van der Waals surface area contributed by atoms with Gasteiger partial charge in [0.1, 0.15) is 5.82 Å². The van der Waals surface area contributed by atoms with Crippen LogP contribution in [0.3, 0.4) is 0 Å². The molecule has 1 aliphatic carbocycles. The molecule has 1 saturated carbocycles. The van der Waals surface area contributed by atoms with Crippen LogP contribution in [0.5, 0.6) is 0 Å². The topological polar surface area (TPSA) is 54.0 Å². The molecule has 2 N–H and O–H groups in total. The Labute approximate surface area is 116 Å².